The van der Waals surface area contributed by atoms with Gasteiger partial charge in [-0.1, -0.05) is 16.8 Å². The van der Waals surface area contributed by atoms with E-state index in [0.717, 1.165) is 12.3 Å². The standard InChI is InChI=1S/C12H7ClF3NO4/c13-7-1-5-3-8(11(18)19)10(12(14,15)16)21-9(5)6(2-7)4-17-20/h1-4,10,20H,(H,18,19). The third kappa shape index (κ3) is 2.94. The van der Waals surface area contributed by atoms with Gasteiger partial charge in [0.25, 0.3) is 0 Å². The molecule has 1 heterocycles. The van der Waals surface area contributed by atoms with Crippen molar-refractivity contribution >= 4 is 29.9 Å². The number of aliphatic carboxylic acids is 1. The number of halogens is 4. The summed E-state index contributed by atoms with van der Waals surface area (Å²) in [5.74, 6) is -2.01. The number of carboxylic acid groups (broad SMARTS) is 1. The van der Waals surface area contributed by atoms with Gasteiger partial charge in [0.05, 0.1) is 11.8 Å². The number of oxime groups is 1. The maximum atomic E-state index is 12.9. The number of hydrogen-bond donors (Lipinski definition) is 2. The van der Waals surface area contributed by atoms with Crippen molar-refractivity contribution in [3.8, 4) is 5.75 Å². The van der Waals surface area contributed by atoms with Crippen LogP contribution >= 0.6 is 11.6 Å². The molecule has 1 aromatic carbocycles. The number of hydrogen-bond acceptors (Lipinski definition) is 4. The first-order chi connectivity index (χ1) is 9.74. The Bertz CT molecular complexity index is 655. The highest BCUT2D eigenvalue weighted by Gasteiger charge is 2.48. The summed E-state index contributed by atoms with van der Waals surface area (Å²) in [6, 6.07) is 2.48. The lowest BCUT2D eigenvalue weighted by atomic mass is 9.99. The normalized spacial score (nSPS) is 18.1. The van der Waals surface area contributed by atoms with Gasteiger partial charge in [0.1, 0.15) is 5.75 Å². The molecule has 9 heteroatoms. The van der Waals surface area contributed by atoms with Crippen molar-refractivity contribution in [1.82, 2.24) is 0 Å². The Kier molecular flexibility index (Phi) is 3.82. The molecule has 0 saturated carbocycles. The van der Waals surface area contributed by atoms with Gasteiger partial charge in [-0.25, -0.2) is 4.79 Å². The fraction of sp³-hybridized carbons (Fsp3) is 0.167. The van der Waals surface area contributed by atoms with Crippen LogP contribution in [0.2, 0.25) is 5.02 Å². The van der Waals surface area contributed by atoms with Crippen LogP contribution in [0.25, 0.3) is 6.08 Å². The molecular weight excluding hydrogens is 315 g/mol. The number of benzene rings is 1. The molecule has 0 amide bonds. The first kappa shape index (κ1) is 15.2. The second kappa shape index (κ2) is 5.28. The monoisotopic (exact) mass is 321 g/mol. The summed E-state index contributed by atoms with van der Waals surface area (Å²) in [4.78, 5) is 11.0. The van der Waals surface area contributed by atoms with Crippen LogP contribution in [0.3, 0.4) is 0 Å². The van der Waals surface area contributed by atoms with Gasteiger partial charge in [0.15, 0.2) is 0 Å². The highest BCUT2D eigenvalue weighted by atomic mass is 35.5. The quantitative estimate of drug-likeness (QED) is 0.498. The van der Waals surface area contributed by atoms with Crippen LogP contribution in [0.5, 0.6) is 5.75 Å². The molecule has 1 aliphatic heterocycles. The van der Waals surface area contributed by atoms with Crippen molar-refractivity contribution in [3.05, 3.63) is 33.9 Å². The molecule has 0 fully saturated rings. The maximum Gasteiger partial charge on any atom is 0.430 e. The lowest BCUT2D eigenvalue weighted by molar-refractivity contribution is -0.187. The molecule has 0 aliphatic carbocycles. The third-order valence-corrected chi connectivity index (χ3v) is 2.90. The van der Waals surface area contributed by atoms with Crippen LogP contribution in [0.4, 0.5) is 13.2 Å². The molecule has 112 valence electrons. The molecule has 1 atom stereocenters. The molecule has 0 aromatic heterocycles. The van der Waals surface area contributed by atoms with E-state index in [-0.39, 0.29) is 21.9 Å². The fourth-order valence-electron chi connectivity index (χ4n) is 1.88. The Morgan fingerprint density at radius 2 is 2.10 bits per heavy atom. The highest BCUT2D eigenvalue weighted by Crippen LogP contribution is 2.39. The second-order valence-corrected chi connectivity index (χ2v) is 4.54. The molecule has 5 nitrogen and oxygen atoms in total. The molecule has 21 heavy (non-hydrogen) atoms. The van der Waals surface area contributed by atoms with Gasteiger partial charge in [-0.3, -0.25) is 0 Å². The lowest BCUT2D eigenvalue weighted by Gasteiger charge is -2.28. The van der Waals surface area contributed by atoms with Crippen LogP contribution in [-0.4, -0.2) is 34.8 Å². The van der Waals surface area contributed by atoms with Crippen molar-refractivity contribution < 1.29 is 33.0 Å². The molecule has 2 rings (SSSR count). The van der Waals surface area contributed by atoms with Crippen molar-refractivity contribution in [2.45, 2.75) is 12.3 Å². The minimum atomic E-state index is -4.91. The van der Waals surface area contributed by atoms with Gasteiger partial charge >= 0.3 is 12.1 Å². The predicted molar refractivity (Wildman–Crippen MR) is 66.9 cm³/mol. The van der Waals surface area contributed by atoms with Crippen LogP contribution in [0.15, 0.2) is 22.9 Å². The summed E-state index contributed by atoms with van der Waals surface area (Å²) in [5.41, 5.74) is -0.908. The van der Waals surface area contributed by atoms with E-state index in [2.05, 4.69) is 5.16 Å². The fourth-order valence-corrected chi connectivity index (χ4v) is 2.11. The Balaban J connectivity index is 2.65. The zero-order valence-corrected chi connectivity index (χ0v) is 10.8. The van der Waals surface area contributed by atoms with E-state index in [1.165, 1.54) is 12.1 Å². The van der Waals surface area contributed by atoms with Crippen LogP contribution in [0, 0.1) is 0 Å². The van der Waals surface area contributed by atoms with Gasteiger partial charge in [-0.05, 0) is 18.2 Å². The SMILES string of the molecule is O=C(O)C1=Cc2cc(Cl)cc(C=NO)c2OC1C(F)(F)F. The smallest absolute Gasteiger partial charge is 0.430 e. The number of carboxylic acids is 1. The molecule has 2 N–H and O–H groups in total. The zero-order valence-electron chi connectivity index (χ0n) is 10.1. The molecule has 1 aromatic rings. The first-order valence-corrected chi connectivity index (χ1v) is 5.81. The van der Waals surface area contributed by atoms with Crippen molar-refractivity contribution in [2.24, 2.45) is 5.16 Å². The number of rotatable bonds is 2. The van der Waals surface area contributed by atoms with Gasteiger partial charge in [-0.15, -0.1) is 0 Å². The summed E-state index contributed by atoms with van der Waals surface area (Å²) in [5, 5.41) is 20.2. The predicted octanol–water partition coefficient (Wildman–Crippen LogP) is 2.94. The number of fused-ring (bicyclic) bond motifs is 1. The molecule has 1 unspecified atom stereocenters. The average Bonchev–Trinajstić information content (AvgIpc) is 2.36. The highest BCUT2D eigenvalue weighted by molar-refractivity contribution is 6.31. The van der Waals surface area contributed by atoms with E-state index < -0.39 is 23.8 Å². The molecular formula is C12H7ClF3NO4. The minimum Gasteiger partial charge on any atom is -0.478 e. The topological polar surface area (TPSA) is 79.1 Å². The van der Waals surface area contributed by atoms with E-state index in [4.69, 9.17) is 26.7 Å². The summed E-state index contributed by atoms with van der Waals surface area (Å²) in [7, 11) is 0. The molecule has 1 aliphatic rings. The molecule has 0 saturated heterocycles. The van der Waals surface area contributed by atoms with E-state index in [0.29, 0.717) is 0 Å². The Labute approximate surface area is 120 Å². The minimum absolute atomic E-state index is 0.00469. The lowest BCUT2D eigenvalue weighted by Crippen LogP contribution is -2.40. The van der Waals surface area contributed by atoms with E-state index in [1.54, 1.807) is 0 Å². The molecule has 0 spiro atoms. The maximum absolute atomic E-state index is 12.9. The van der Waals surface area contributed by atoms with Gasteiger partial charge in [0, 0.05) is 16.1 Å². The largest absolute Gasteiger partial charge is 0.478 e. The van der Waals surface area contributed by atoms with E-state index in [1.807, 2.05) is 0 Å². The van der Waals surface area contributed by atoms with Gasteiger partial charge in [0.2, 0.25) is 6.10 Å². The molecule has 0 radical (unpaired) electrons. The Hall–Kier alpha value is -2.22. The average molecular weight is 322 g/mol. The summed E-state index contributed by atoms with van der Waals surface area (Å²) in [6.07, 6.45) is -5.85. The van der Waals surface area contributed by atoms with E-state index in [9.17, 15) is 18.0 Å². The van der Waals surface area contributed by atoms with E-state index >= 15 is 0 Å². The third-order valence-electron chi connectivity index (χ3n) is 2.68. The van der Waals surface area contributed by atoms with Crippen LogP contribution in [0.1, 0.15) is 11.1 Å². The Morgan fingerprint density at radius 3 is 2.62 bits per heavy atom. The number of nitrogens with zero attached hydrogens (tertiary/aromatic N) is 1. The van der Waals surface area contributed by atoms with Crippen molar-refractivity contribution in [3.63, 3.8) is 0 Å². The zero-order chi connectivity index (χ0) is 15.8. The molecule has 0 bridgehead atoms. The van der Waals surface area contributed by atoms with Crippen LogP contribution in [-0.2, 0) is 4.79 Å². The van der Waals surface area contributed by atoms with Gasteiger partial charge < -0.3 is 15.1 Å². The first-order valence-electron chi connectivity index (χ1n) is 5.43. The second-order valence-electron chi connectivity index (χ2n) is 4.10. The Morgan fingerprint density at radius 1 is 1.43 bits per heavy atom. The van der Waals surface area contributed by atoms with Crippen molar-refractivity contribution in [1.29, 1.82) is 0 Å². The summed E-state index contributed by atoms with van der Waals surface area (Å²) >= 11 is 5.77. The van der Waals surface area contributed by atoms with Crippen LogP contribution < -0.4 is 4.74 Å². The summed E-state index contributed by atoms with van der Waals surface area (Å²) in [6.45, 7) is 0. The number of ether oxygens (including phenoxy) is 1. The summed E-state index contributed by atoms with van der Waals surface area (Å²) < 4.78 is 43.5. The number of carbonyl (C=O) groups is 1. The van der Waals surface area contributed by atoms with Gasteiger partial charge in [-0.2, -0.15) is 13.2 Å². The number of alkyl halides is 3. The van der Waals surface area contributed by atoms with Crippen molar-refractivity contribution in [2.75, 3.05) is 0 Å².